The number of ether oxygens (including phenoxy) is 3. The van der Waals surface area contributed by atoms with Crippen molar-refractivity contribution in [3.63, 3.8) is 0 Å². The average molecular weight is 184 g/mol. The van der Waals surface area contributed by atoms with E-state index in [0.717, 1.165) is 0 Å². The van der Waals surface area contributed by atoms with Gasteiger partial charge in [-0.05, 0) is 0 Å². The van der Waals surface area contributed by atoms with Crippen molar-refractivity contribution in [1.29, 1.82) is 0 Å². The fraction of sp³-hybridized carbons (Fsp3) is 0.333. The summed E-state index contributed by atoms with van der Waals surface area (Å²) in [7, 11) is 4.47. The molecule has 0 heterocycles. The number of aromatic hydroxyl groups is 1. The highest BCUT2D eigenvalue weighted by molar-refractivity contribution is 5.55. The van der Waals surface area contributed by atoms with E-state index in [4.69, 9.17) is 14.2 Å². The molecule has 0 amide bonds. The molecule has 0 aliphatic carbocycles. The number of benzene rings is 1. The zero-order valence-corrected chi connectivity index (χ0v) is 7.83. The van der Waals surface area contributed by atoms with Gasteiger partial charge in [-0.2, -0.15) is 0 Å². The van der Waals surface area contributed by atoms with Crippen molar-refractivity contribution in [2.24, 2.45) is 0 Å². The average Bonchev–Trinajstić information content (AvgIpc) is 2.16. The van der Waals surface area contributed by atoms with Crippen molar-refractivity contribution >= 4 is 0 Å². The Balaban J connectivity index is 3.20. The Hall–Kier alpha value is -1.58. The van der Waals surface area contributed by atoms with Gasteiger partial charge in [0.15, 0.2) is 11.5 Å². The third kappa shape index (κ3) is 1.77. The zero-order valence-electron chi connectivity index (χ0n) is 7.83. The first-order valence-electron chi connectivity index (χ1n) is 3.72. The van der Waals surface area contributed by atoms with Crippen LogP contribution >= 0.6 is 0 Å². The molecule has 0 fully saturated rings. The van der Waals surface area contributed by atoms with Crippen LogP contribution < -0.4 is 14.2 Å². The topological polar surface area (TPSA) is 47.9 Å². The SMILES string of the molecule is COc1cc(O)c(OC)c(OC)c1. The molecule has 0 saturated heterocycles. The maximum Gasteiger partial charge on any atom is 0.203 e. The van der Waals surface area contributed by atoms with Crippen molar-refractivity contribution in [2.75, 3.05) is 21.3 Å². The Morgan fingerprint density at radius 1 is 1.00 bits per heavy atom. The van der Waals surface area contributed by atoms with Gasteiger partial charge in [0.05, 0.1) is 21.3 Å². The lowest BCUT2D eigenvalue weighted by Crippen LogP contribution is -1.92. The molecule has 0 saturated carbocycles. The van der Waals surface area contributed by atoms with E-state index < -0.39 is 0 Å². The van der Waals surface area contributed by atoms with Gasteiger partial charge in [-0.1, -0.05) is 0 Å². The minimum Gasteiger partial charge on any atom is -0.504 e. The molecule has 4 heteroatoms. The number of phenols is 1. The number of methoxy groups -OCH3 is 3. The molecule has 1 rings (SSSR count). The number of hydrogen-bond donors (Lipinski definition) is 1. The summed E-state index contributed by atoms with van der Waals surface area (Å²) in [6.07, 6.45) is 0. The molecule has 0 aliphatic heterocycles. The predicted molar refractivity (Wildman–Crippen MR) is 47.8 cm³/mol. The first kappa shape index (κ1) is 9.51. The number of hydrogen-bond acceptors (Lipinski definition) is 4. The third-order valence-corrected chi connectivity index (χ3v) is 1.67. The third-order valence-electron chi connectivity index (χ3n) is 1.67. The van der Waals surface area contributed by atoms with Crippen LogP contribution in [0.1, 0.15) is 0 Å². The summed E-state index contributed by atoms with van der Waals surface area (Å²) in [6, 6.07) is 3.10. The summed E-state index contributed by atoms with van der Waals surface area (Å²) in [6.45, 7) is 0. The molecule has 0 unspecified atom stereocenters. The van der Waals surface area contributed by atoms with Crippen LogP contribution in [0.4, 0.5) is 0 Å². The summed E-state index contributed by atoms with van der Waals surface area (Å²) in [4.78, 5) is 0. The number of rotatable bonds is 3. The van der Waals surface area contributed by atoms with E-state index in [2.05, 4.69) is 0 Å². The lowest BCUT2D eigenvalue weighted by Gasteiger charge is -2.10. The molecule has 13 heavy (non-hydrogen) atoms. The first-order chi connectivity index (χ1) is 6.22. The minimum absolute atomic E-state index is 0.00120. The lowest BCUT2D eigenvalue weighted by atomic mass is 10.2. The highest BCUT2D eigenvalue weighted by Crippen LogP contribution is 2.39. The van der Waals surface area contributed by atoms with Crippen molar-refractivity contribution in [1.82, 2.24) is 0 Å². The molecule has 0 aromatic heterocycles. The Bertz CT molecular complexity index is 296. The van der Waals surface area contributed by atoms with E-state index >= 15 is 0 Å². The van der Waals surface area contributed by atoms with Crippen LogP contribution in [0.5, 0.6) is 23.0 Å². The molecule has 0 aliphatic rings. The maximum absolute atomic E-state index is 9.45. The Labute approximate surface area is 76.7 Å². The fourth-order valence-electron chi connectivity index (χ4n) is 1.04. The smallest absolute Gasteiger partial charge is 0.203 e. The van der Waals surface area contributed by atoms with Crippen LogP contribution in [0.3, 0.4) is 0 Å². The van der Waals surface area contributed by atoms with E-state index in [1.54, 1.807) is 6.07 Å². The maximum atomic E-state index is 9.45. The minimum atomic E-state index is -0.00120. The Morgan fingerprint density at radius 2 is 1.69 bits per heavy atom. The van der Waals surface area contributed by atoms with Crippen LogP contribution in [0.25, 0.3) is 0 Å². The second kappa shape index (κ2) is 3.89. The van der Waals surface area contributed by atoms with E-state index in [1.807, 2.05) is 0 Å². The van der Waals surface area contributed by atoms with E-state index in [9.17, 15) is 5.11 Å². The molecule has 72 valence electrons. The second-order valence-corrected chi connectivity index (χ2v) is 2.38. The summed E-state index contributed by atoms with van der Waals surface area (Å²) in [5, 5.41) is 9.45. The summed E-state index contributed by atoms with van der Waals surface area (Å²) in [5.41, 5.74) is 0. The molecular weight excluding hydrogens is 172 g/mol. The summed E-state index contributed by atoms with van der Waals surface area (Å²) < 4.78 is 14.9. The van der Waals surface area contributed by atoms with Gasteiger partial charge in [-0.15, -0.1) is 0 Å². The molecule has 1 aromatic carbocycles. The van der Waals surface area contributed by atoms with Crippen molar-refractivity contribution in [3.05, 3.63) is 12.1 Å². The van der Waals surface area contributed by atoms with Crippen LogP contribution in [0.15, 0.2) is 12.1 Å². The second-order valence-electron chi connectivity index (χ2n) is 2.38. The largest absolute Gasteiger partial charge is 0.504 e. The molecule has 0 bridgehead atoms. The summed E-state index contributed by atoms with van der Waals surface area (Å²) in [5.74, 6) is 1.27. The van der Waals surface area contributed by atoms with Gasteiger partial charge >= 0.3 is 0 Å². The van der Waals surface area contributed by atoms with Crippen LogP contribution in [-0.2, 0) is 0 Å². The fourth-order valence-corrected chi connectivity index (χ4v) is 1.04. The van der Waals surface area contributed by atoms with Crippen molar-refractivity contribution in [3.8, 4) is 23.0 Å². The zero-order chi connectivity index (χ0) is 9.84. The summed E-state index contributed by atoms with van der Waals surface area (Å²) >= 11 is 0. The van der Waals surface area contributed by atoms with Gasteiger partial charge in [-0.3, -0.25) is 0 Å². The van der Waals surface area contributed by atoms with Crippen LogP contribution in [-0.4, -0.2) is 26.4 Å². The van der Waals surface area contributed by atoms with Gasteiger partial charge in [-0.25, -0.2) is 0 Å². The van der Waals surface area contributed by atoms with Gasteiger partial charge < -0.3 is 19.3 Å². The first-order valence-corrected chi connectivity index (χ1v) is 3.72. The monoisotopic (exact) mass is 184 g/mol. The molecule has 1 N–H and O–H groups in total. The molecule has 0 atom stereocenters. The molecule has 4 nitrogen and oxygen atoms in total. The molecular formula is C9H12O4. The van der Waals surface area contributed by atoms with Gasteiger partial charge in [0.25, 0.3) is 0 Å². The van der Waals surface area contributed by atoms with Gasteiger partial charge in [0.1, 0.15) is 5.75 Å². The van der Waals surface area contributed by atoms with Gasteiger partial charge in [0, 0.05) is 12.1 Å². The normalized spacial score (nSPS) is 9.46. The van der Waals surface area contributed by atoms with E-state index in [1.165, 1.54) is 27.4 Å². The molecule has 0 spiro atoms. The molecule has 1 aromatic rings. The highest BCUT2D eigenvalue weighted by Gasteiger charge is 2.11. The van der Waals surface area contributed by atoms with E-state index in [0.29, 0.717) is 17.2 Å². The molecule has 0 radical (unpaired) electrons. The Kier molecular flexibility index (Phi) is 2.84. The lowest BCUT2D eigenvalue weighted by molar-refractivity contribution is 0.327. The van der Waals surface area contributed by atoms with Crippen LogP contribution in [0, 0.1) is 0 Å². The van der Waals surface area contributed by atoms with Crippen molar-refractivity contribution in [2.45, 2.75) is 0 Å². The van der Waals surface area contributed by atoms with Crippen molar-refractivity contribution < 1.29 is 19.3 Å². The quantitative estimate of drug-likeness (QED) is 0.771. The van der Waals surface area contributed by atoms with Gasteiger partial charge in [0.2, 0.25) is 5.75 Å². The van der Waals surface area contributed by atoms with Crippen LogP contribution in [0.2, 0.25) is 0 Å². The predicted octanol–water partition coefficient (Wildman–Crippen LogP) is 1.42. The number of phenolic OH excluding ortho intramolecular Hbond substituents is 1. The standard InChI is InChI=1S/C9H12O4/c1-11-6-4-7(10)9(13-3)8(5-6)12-2/h4-5,10H,1-3H3. The Morgan fingerprint density at radius 3 is 2.15 bits per heavy atom. The van der Waals surface area contributed by atoms with E-state index in [-0.39, 0.29) is 5.75 Å². The highest BCUT2D eigenvalue weighted by atomic mass is 16.5.